The average molecular weight is 261 g/mol. The molecule has 0 radical (unpaired) electrons. The van der Waals surface area contributed by atoms with Crippen molar-refractivity contribution in [3.8, 4) is 10.6 Å². The Morgan fingerprint density at radius 2 is 2.11 bits per heavy atom. The maximum absolute atomic E-state index is 11.2. The Bertz CT molecular complexity index is 587. The fourth-order valence-corrected chi connectivity index (χ4v) is 2.83. The third kappa shape index (κ3) is 2.43. The van der Waals surface area contributed by atoms with Crippen LogP contribution in [0.2, 0.25) is 0 Å². The number of aromatic carboxylic acids is 1. The van der Waals surface area contributed by atoms with E-state index in [4.69, 9.17) is 0 Å². The summed E-state index contributed by atoms with van der Waals surface area (Å²) >= 11 is 1.25. The van der Waals surface area contributed by atoms with Crippen molar-refractivity contribution in [2.45, 2.75) is 26.7 Å². The van der Waals surface area contributed by atoms with Crippen LogP contribution in [-0.2, 0) is 0 Å². The Morgan fingerprint density at radius 3 is 2.61 bits per heavy atom. The van der Waals surface area contributed by atoms with Crippen molar-refractivity contribution in [1.29, 1.82) is 0 Å². The van der Waals surface area contributed by atoms with Gasteiger partial charge in [0.25, 0.3) is 0 Å². The number of thiazole rings is 1. The van der Waals surface area contributed by atoms with E-state index in [0.29, 0.717) is 10.6 Å². The van der Waals surface area contributed by atoms with Gasteiger partial charge < -0.3 is 5.11 Å². The van der Waals surface area contributed by atoms with Gasteiger partial charge in [-0.2, -0.15) is 0 Å². The van der Waals surface area contributed by atoms with Gasteiger partial charge in [-0.25, -0.2) is 9.78 Å². The Balaban J connectivity index is 2.53. The van der Waals surface area contributed by atoms with Crippen LogP contribution < -0.4 is 0 Å². The number of hydrogen-bond donors (Lipinski definition) is 1. The minimum atomic E-state index is -0.893. The Morgan fingerprint density at radius 1 is 1.39 bits per heavy atom. The number of benzene rings is 1. The van der Waals surface area contributed by atoms with Crippen LogP contribution in [0.15, 0.2) is 24.3 Å². The van der Waals surface area contributed by atoms with Crippen molar-refractivity contribution in [3.05, 3.63) is 40.4 Å². The van der Waals surface area contributed by atoms with E-state index in [2.05, 4.69) is 4.98 Å². The zero-order valence-electron chi connectivity index (χ0n) is 10.6. The molecule has 0 amide bonds. The summed E-state index contributed by atoms with van der Waals surface area (Å²) in [6, 6.07) is 7.95. The number of nitrogens with zero attached hydrogens (tertiary/aromatic N) is 1. The minimum Gasteiger partial charge on any atom is -0.477 e. The van der Waals surface area contributed by atoms with Crippen LogP contribution in [-0.4, -0.2) is 16.1 Å². The van der Waals surface area contributed by atoms with E-state index in [1.807, 2.05) is 45.0 Å². The molecule has 0 fully saturated rings. The Hall–Kier alpha value is -1.68. The van der Waals surface area contributed by atoms with Crippen LogP contribution in [0, 0.1) is 6.92 Å². The van der Waals surface area contributed by atoms with E-state index < -0.39 is 5.97 Å². The number of carboxylic acids is 1. The largest absolute Gasteiger partial charge is 0.477 e. The van der Waals surface area contributed by atoms with Gasteiger partial charge in [-0.1, -0.05) is 37.6 Å². The molecule has 0 saturated heterocycles. The first-order valence-corrected chi connectivity index (χ1v) is 6.61. The maximum Gasteiger partial charge on any atom is 0.347 e. The van der Waals surface area contributed by atoms with Crippen LogP contribution in [0.4, 0.5) is 0 Å². The van der Waals surface area contributed by atoms with Crippen LogP contribution in [0.25, 0.3) is 10.6 Å². The minimum absolute atomic E-state index is 0.117. The number of aromatic nitrogens is 1. The van der Waals surface area contributed by atoms with Gasteiger partial charge in [0.2, 0.25) is 0 Å². The summed E-state index contributed by atoms with van der Waals surface area (Å²) in [5.41, 5.74) is 2.80. The SMILES string of the molecule is Cc1cccc(-c2nc(C(C)C)c(C(=O)O)s2)c1. The number of aryl methyl sites for hydroxylation is 1. The van der Waals surface area contributed by atoms with Crippen molar-refractivity contribution in [2.24, 2.45) is 0 Å². The molecule has 0 saturated carbocycles. The second kappa shape index (κ2) is 4.90. The second-order valence-corrected chi connectivity index (χ2v) is 5.56. The van der Waals surface area contributed by atoms with Gasteiger partial charge in [0.15, 0.2) is 0 Å². The van der Waals surface area contributed by atoms with Crippen LogP contribution in [0.5, 0.6) is 0 Å². The normalized spacial score (nSPS) is 10.9. The molecule has 2 rings (SSSR count). The monoisotopic (exact) mass is 261 g/mol. The first kappa shape index (κ1) is 12.8. The Labute approximate surface area is 110 Å². The number of carbonyl (C=O) groups is 1. The smallest absolute Gasteiger partial charge is 0.347 e. The van der Waals surface area contributed by atoms with E-state index in [9.17, 15) is 9.90 Å². The topological polar surface area (TPSA) is 50.2 Å². The zero-order chi connectivity index (χ0) is 13.3. The lowest BCUT2D eigenvalue weighted by Crippen LogP contribution is -2.00. The number of hydrogen-bond acceptors (Lipinski definition) is 3. The lowest BCUT2D eigenvalue weighted by atomic mass is 10.1. The van der Waals surface area contributed by atoms with E-state index in [1.165, 1.54) is 11.3 Å². The molecular formula is C14H15NO2S. The van der Waals surface area contributed by atoms with E-state index in [-0.39, 0.29) is 5.92 Å². The highest BCUT2D eigenvalue weighted by Crippen LogP contribution is 2.32. The Kier molecular flexibility index (Phi) is 3.48. The summed E-state index contributed by atoms with van der Waals surface area (Å²) in [5, 5.41) is 9.98. The van der Waals surface area contributed by atoms with E-state index in [1.54, 1.807) is 0 Å². The molecule has 0 aliphatic carbocycles. The van der Waals surface area contributed by atoms with Crippen molar-refractivity contribution in [3.63, 3.8) is 0 Å². The predicted octanol–water partition coefficient (Wildman–Crippen LogP) is 3.94. The van der Waals surface area contributed by atoms with Crippen molar-refractivity contribution in [2.75, 3.05) is 0 Å². The summed E-state index contributed by atoms with van der Waals surface area (Å²) in [7, 11) is 0. The third-order valence-corrected chi connectivity index (χ3v) is 3.77. The summed E-state index contributed by atoms with van der Waals surface area (Å²) < 4.78 is 0. The molecule has 1 aromatic heterocycles. The van der Waals surface area contributed by atoms with Gasteiger partial charge in [0, 0.05) is 5.56 Å². The molecule has 1 heterocycles. The molecule has 1 aromatic carbocycles. The second-order valence-electron chi connectivity index (χ2n) is 4.56. The van der Waals surface area contributed by atoms with Gasteiger partial charge in [0.05, 0.1) is 5.69 Å². The van der Waals surface area contributed by atoms with Crippen LogP contribution in [0.1, 0.15) is 40.7 Å². The molecular weight excluding hydrogens is 246 g/mol. The lowest BCUT2D eigenvalue weighted by Gasteiger charge is -2.00. The number of carboxylic acid groups (broad SMARTS) is 1. The summed E-state index contributed by atoms with van der Waals surface area (Å²) in [4.78, 5) is 16.0. The van der Waals surface area contributed by atoms with Crippen LogP contribution >= 0.6 is 11.3 Å². The molecule has 0 unspecified atom stereocenters. The van der Waals surface area contributed by atoms with Crippen molar-refractivity contribution in [1.82, 2.24) is 4.98 Å². The van der Waals surface area contributed by atoms with Gasteiger partial charge in [-0.3, -0.25) is 0 Å². The van der Waals surface area contributed by atoms with Gasteiger partial charge in [-0.15, -0.1) is 11.3 Å². The molecule has 3 nitrogen and oxygen atoms in total. The summed E-state index contributed by atoms with van der Waals surface area (Å²) in [6.45, 7) is 5.93. The molecule has 18 heavy (non-hydrogen) atoms. The maximum atomic E-state index is 11.2. The van der Waals surface area contributed by atoms with Crippen molar-refractivity contribution >= 4 is 17.3 Å². The van der Waals surface area contributed by atoms with Gasteiger partial charge >= 0.3 is 5.97 Å². The van der Waals surface area contributed by atoms with Crippen molar-refractivity contribution < 1.29 is 9.90 Å². The molecule has 4 heteroatoms. The first-order chi connectivity index (χ1) is 8.49. The third-order valence-electron chi connectivity index (χ3n) is 2.66. The molecule has 1 N–H and O–H groups in total. The molecule has 0 aliphatic rings. The van der Waals surface area contributed by atoms with E-state index in [0.717, 1.165) is 16.1 Å². The lowest BCUT2D eigenvalue weighted by molar-refractivity contribution is 0.0700. The quantitative estimate of drug-likeness (QED) is 0.910. The first-order valence-electron chi connectivity index (χ1n) is 5.80. The molecule has 0 aliphatic heterocycles. The fraction of sp³-hybridized carbons (Fsp3) is 0.286. The zero-order valence-corrected chi connectivity index (χ0v) is 11.4. The predicted molar refractivity (Wildman–Crippen MR) is 73.3 cm³/mol. The average Bonchev–Trinajstić information content (AvgIpc) is 2.73. The highest BCUT2D eigenvalue weighted by Gasteiger charge is 2.20. The molecule has 0 atom stereocenters. The number of rotatable bonds is 3. The van der Waals surface area contributed by atoms with Gasteiger partial charge in [-0.05, 0) is 18.9 Å². The standard InChI is InChI=1S/C14H15NO2S/c1-8(2)11-12(14(16)17)18-13(15-11)10-6-4-5-9(3)7-10/h4-8H,1-3H3,(H,16,17). The molecule has 2 aromatic rings. The van der Waals surface area contributed by atoms with Crippen LogP contribution in [0.3, 0.4) is 0 Å². The molecule has 94 valence electrons. The van der Waals surface area contributed by atoms with Gasteiger partial charge in [0.1, 0.15) is 9.88 Å². The van der Waals surface area contributed by atoms with E-state index >= 15 is 0 Å². The fourth-order valence-electron chi connectivity index (χ4n) is 1.78. The highest BCUT2D eigenvalue weighted by molar-refractivity contribution is 7.17. The summed E-state index contributed by atoms with van der Waals surface area (Å²) in [5.74, 6) is -0.777. The molecule has 0 spiro atoms. The molecule has 0 bridgehead atoms. The summed E-state index contributed by atoms with van der Waals surface area (Å²) in [6.07, 6.45) is 0. The highest BCUT2D eigenvalue weighted by atomic mass is 32.1.